The van der Waals surface area contributed by atoms with Crippen molar-refractivity contribution >= 4 is 23.2 Å². The smallest absolute Gasteiger partial charge is 0.347 e. The summed E-state index contributed by atoms with van der Waals surface area (Å²) >= 11 is 6.35. The van der Waals surface area contributed by atoms with Crippen molar-refractivity contribution in [2.75, 3.05) is 7.11 Å². The molecule has 0 spiro atoms. The zero-order valence-corrected chi connectivity index (χ0v) is 20.8. The van der Waals surface area contributed by atoms with Crippen LogP contribution in [-0.4, -0.2) is 37.7 Å². The zero-order valence-electron chi connectivity index (χ0n) is 20.1. The number of allylic oxidation sites excluding steroid dienone is 4. The number of hydrogen-bond acceptors (Lipinski definition) is 6. The first-order valence-corrected chi connectivity index (χ1v) is 11.7. The van der Waals surface area contributed by atoms with E-state index in [0.717, 1.165) is 10.1 Å². The fourth-order valence-corrected chi connectivity index (χ4v) is 6.47. The third kappa shape index (κ3) is 2.87. The number of carbonyl (C=O) groups is 2. The van der Waals surface area contributed by atoms with Crippen LogP contribution < -0.4 is 16.1 Å². The van der Waals surface area contributed by atoms with Crippen molar-refractivity contribution in [1.82, 2.24) is 13.9 Å². The molecular weight excluding hydrogens is 474 g/mol. The summed E-state index contributed by atoms with van der Waals surface area (Å²) in [6.45, 7) is 5.26. The summed E-state index contributed by atoms with van der Waals surface area (Å²) < 4.78 is 9.14. The number of carbonyl (C=O) groups excluding carboxylic acids is 2. The van der Waals surface area contributed by atoms with Crippen LogP contribution in [-0.2, 0) is 23.2 Å². The lowest BCUT2D eigenvalue weighted by atomic mass is 9.50. The molecule has 35 heavy (non-hydrogen) atoms. The largest absolute Gasteiger partial charge is 0.503 e. The quantitative estimate of drug-likeness (QED) is 0.635. The Bertz CT molecular complexity index is 1510. The van der Waals surface area contributed by atoms with E-state index < -0.39 is 34.7 Å². The number of ketones is 2. The van der Waals surface area contributed by atoms with E-state index in [1.165, 1.54) is 23.5 Å². The molecule has 9 nitrogen and oxygen atoms in total. The predicted molar refractivity (Wildman–Crippen MR) is 128 cm³/mol. The van der Waals surface area contributed by atoms with Crippen molar-refractivity contribution < 1.29 is 19.4 Å². The molecule has 3 aliphatic rings. The van der Waals surface area contributed by atoms with Gasteiger partial charge in [-0.05, 0) is 54.7 Å². The molecule has 0 bridgehead atoms. The summed E-state index contributed by atoms with van der Waals surface area (Å²) in [5.74, 6) is -1.75. The SMILES string of the molecule is COc1cc([C@H]2C3=CCn4c(=O)n(C)c(=O)n4[C@@H]3C[C@H]3C(=O)C(C)=C(C)C(=O)[C@@]23C)cc(Cl)c1O. The van der Waals surface area contributed by atoms with Gasteiger partial charge in [-0.2, -0.15) is 0 Å². The van der Waals surface area contributed by atoms with Gasteiger partial charge in [-0.25, -0.2) is 23.5 Å². The maximum Gasteiger partial charge on any atom is 0.347 e. The maximum atomic E-state index is 13.9. The van der Waals surface area contributed by atoms with E-state index in [2.05, 4.69) is 0 Å². The molecule has 1 N–H and O–H groups in total. The number of methoxy groups -OCH3 is 1. The van der Waals surface area contributed by atoms with Gasteiger partial charge in [0.1, 0.15) is 0 Å². The molecule has 0 unspecified atom stereocenters. The summed E-state index contributed by atoms with van der Waals surface area (Å²) in [7, 11) is 2.82. The normalized spacial score (nSPS) is 27.8. The Hall–Kier alpha value is -3.33. The molecule has 5 rings (SSSR count). The fraction of sp³-hybridized carbons (Fsp3) is 0.440. The highest BCUT2D eigenvalue weighted by atomic mass is 35.5. The lowest BCUT2D eigenvalue weighted by Gasteiger charge is -2.53. The van der Waals surface area contributed by atoms with Crippen LogP contribution in [0.15, 0.2) is 44.5 Å². The van der Waals surface area contributed by atoms with Gasteiger partial charge in [0.25, 0.3) is 0 Å². The molecule has 2 aromatic rings. The highest BCUT2D eigenvalue weighted by molar-refractivity contribution is 6.32. The van der Waals surface area contributed by atoms with Crippen molar-refractivity contribution in [3.05, 3.63) is 66.5 Å². The number of aromatic nitrogens is 3. The van der Waals surface area contributed by atoms with E-state index in [0.29, 0.717) is 16.7 Å². The second-order valence-corrected chi connectivity index (χ2v) is 10.2. The number of benzene rings is 1. The standard InChI is InChI=1S/C25H26ClN3O6/c1-11-12(2)22(32)25(3)15(20(11)30)10-17-14(6-7-28-23(33)27(4)24(34)29(17)28)19(25)13-8-16(26)21(31)18(9-13)35-5/h6,8-9,15,17,19,31H,7,10H2,1-5H3/t15-,17+,19-,25+/m0/s1. The topological polar surface area (TPSA) is 113 Å². The number of ether oxygens (including phenoxy) is 1. The monoisotopic (exact) mass is 499 g/mol. The van der Waals surface area contributed by atoms with Gasteiger partial charge in [-0.3, -0.25) is 9.59 Å². The van der Waals surface area contributed by atoms with Gasteiger partial charge in [-0.1, -0.05) is 24.6 Å². The molecule has 1 saturated carbocycles. The lowest BCUT2D eigenvalue weighted by molar-refractivity contribution is -0.140. The van der Waals surface area contributed by atoms with Crippen LogP contribution in [0.3, 0.4) is 0 Å². The molecule has 184 valence electrons. The van der Waals surface area contributed by atoms with E-state index in [9.17, 15) is 24.3 Å². The molecule has 0 saturated heterocycles. The van der Waals surface area contributed by atoms with Crippen LogP contribution in [0.5, 0.6) is 11.5 Å². The van der Waals surface area contributed by atoms with Crippen molar-refractivity contribution in [1.29, 1.82) is 0 Å². The molecule has 10 heteroatoms. The van der Waals surface area contributed by atoms with Gasteiger partial charge in [0.15, 0.2) is 23.1 Å². The van der Waals surface area contributed by atoms with Crippen LogP contribution in [0, 0.1) is 11.3 Å². The summed E-state index contributed by atoms with van der Waals surface area (Å²) in [5.41, 5.74) is 0.0950. The highest BCUT2D eigenvalue weighted by Crippen LogP contribution is 2.61. The minimum Gasteiger partial charge on any atom is -0.503 e. The zero-order chi connectivity index (χ0) is 25.6. The molecule has 0 radical (unpaired) electrons. The molecule has 2 heterocycles. The van der Waals surface area contributed by atoms with Gasteiger partial charge in [0, 0.05) is 18.9 Å². The summed E-state index contributed by atoms with van der Waals surface area (Å²) in [5, 5.41) is 10.4. The van der Waals surface area contributed by atoms with Crippen molar-refractivity contribution in [2.24, 2.45) is 18.4 Å². The first-order chi connectivity index (χ1) is 16.4. The summed E-state index contributed by atoms with van der Waals surface area (Å²) in [6, 6.07) is 2.59. The number of phenols is 1. The Kier molecular flexibility index (Phi) is 5.07. The van der Waals surface area contributed by atoms with Crippen molar-refractivity contribution in [2.45, 2.75) is 45.7 Å². The molecular formula is C25H26ClN3O6. The van der Waals surface area contributed by atoms with Crippen LogP contribution in [0.25, 0.3) is 0 Å². The Morgan fingerprint density at radius 2 is 1.80 bits per heavy atom. The molecule has 4 atom stereocenters. The predicted octanol–water partition coefficient (Wildman–Crippen LogP) is 2.50. The van der Waals surface area contributed by atoms with E-state index in [4.69, 9.17) is 16.3 Å². The number of Topliss-reactive ketones (excluding diaryl/α,β-unsaturated/α-hetero) is 2. The average molecular weight is 500 g/mol. The maximum absolute atomic E-state index is 13.9. The molecule has 1 fully saturated rings. The number of hydrogen-bond donors (Lipinski definition) is 1. The summed E-state index contributed by atoms with van der Waals surface area (Å²) in [4.78, 5) is 53.2. The lowest BCUT2D eigenvalue weighted by Crippen LogP contribution is -2.55. The first kappa shape index (κ1) is 23.4. The minimum atomic E-state index is -1.16. The molecule has 1 aliphatic heterocycles. The fourth-order valence-electron chi connectivity index (χ4n) is 6.25. The molecule has 1 aromatic heterocycles. The number of aromatic hydroxyl groups is 1. The van der Waals surface area contributed by atoms with E-state index >= 15 is 0 Å². The van der Waals surface area contributed by atoms with Crippen LogP contribution in [0.2, 0.25) is 5.02 Å². The average Bonchev–Trinajstić information content (AvgIpc) is 3.06. The molecule has 1 aromatic carbocycles. The van der Waals surface area contributed by atoms with Crippen LogP contribution in [0.1, 0.15) is 44.7 Å². The number of halogens is 1. The number of phenolic OH excluding ortho intramolecular Hbond substituents is 1. The Morgan fingerprint density at radius 3 is 2.46 bits per heavy atom. The van der Waals surface area contributed by atoms with E-state index in [1.54, 1.807) is 32.9 Å². The van der Waals surface area contributed by atoms with Gasteiger partial charge in [0.05, 0.1) is 30.1 Å². The van der Waals surface area contributed by atoms with Gasteiger partial charge < -0.3 is 9.84 Å². The summed E-state index contributed by atoms with van der Waals surface area (Å²) in [6.07, 6.45) is 2.07. The highest BCUT2D eigenvalue weighted by Gasteiger charge is 2.60. The number of nitrogens with zero attached hydrogens (tertiary/aromatic N) is 3. The van der Waals surface area contributed by atoms with Gasteiger partial charge >= 0.3 is 11.4 Å². The number of fused-ring (bicyclic) bond motifs is 4. The second kappa shape index (κ2) is 7.58. The van der Waals surface area contributed by atoms with Crippen LogP contribution >= 0.6 is 11.6 Å². The Morgan fingerprint density at radius 1 is 1.11 bits per heavy atom. The van der Waals surface area contributed by atoms with Gasteiger partial charge in [-0.15, -0.1) is 0 Å². The Balaban J connectivity index is 1.83. The second-order valence-electron chi connectivity index (χ2n) is 9.77. The number of rotatable bonds is 2. The Labute approximate surface area is 205 Å². The van der Waals surface area contributed by atoms with Crippen molar-refractivity contribution in [3.8, 4) is 11.5 Å². The van der Waals surface area contributed by atoms with E-state index in [1.807, 2.05) is 6.08 Å². The third-order valence-corrected chi connectivity index (χ3v) is 8.52. The van der Waals surface area contributed by atoms with Gasteiger partial charge in [0.2, 0.25) is 0 Å². The van der Waals surface area contributed by atoms with Crippen LogP contribution in [0.4, 0.5) is 0 Å². The van der Waals surface area contributed by atoms with E-state index in [-0.39, 0.29) is 41.1 Å². The molecule has 0 amide bonds. The first-order valence-electron chi connectivity index (χ1n) is 11.4. The minimum absolute atomic E-state index is 0.0462. The molecule has 2 aliphatic carbocycles. The van der Waals surface area contributed by atoms with Crippen molar-refractivity contribution in [3.63, 3.8) is 0 Å². The third-order valence-electron chi connectivity index (χ3n) is 8.23.